The summed E-state index contributed by atoms with van der Waals surface area (Å²) in [6, 6.07) is 8.17. The molecule has 4 nitrogen and oxygen atoms in total. The smallest absolute Gasteiger partial charge is 0.341 e. The van der Waals surface area contributed by atoms with Crippen LogP contribution in [0.2, 0.25) is 0 Å². The zero-order valence-corrected chi connectivity index (χ0v) is 19.1. The number of fused-ring (bicyclic) bond motifs is 1. The van der Waals surface area contributed by atoms with E-state index in [-0.39, 0.29) is 5.97 Å². The van der Waals surface area contributed by atoms with Crippen molar-refractivity contribution in [1.29, 1.82) is 0 Å². The summed E-state index contributed by atoms with van der Waals surface area (Å²) in [6.45, 7) is 6.54. The lowest BCUT2D eigenvalue weighted by Crippen LogP contribution is -2.21. The van der Waals surface area contributed by atoms with E-state index in [0.717, 1.165) is 35.5 Å². The van der Waals surface area contributed by atoms with Gasteiger partial charge in [-0.15, -0.1) is 11.3 Å². The van der Waals surface area contributed by atoms with Gasteiger partial charge < -0.3 is 15.4 Å². The van der Waals surface area contributed by atoms with Gasteiger partial charge in [-0.25, -0.2) is 4.79 Å². The second kappa shape index (κ2) is 10.2. The van der Waals surface area contributed by atoms with Crippen LogP contribution in [0.3, 0.4) is 0 Å². The molecule has 1 aromatic carbocycles. The molecule has 1 aromatic heterocycles. The molecule has 29 heavy (non-hydrogen) atoms. The lowest BCUT2D eigenvalue weighted by Gasteiger charge is -2.16. The van der Waals surface area contributed by atoms with E-state index in [1.54, 1.807) is 11.3 Å². The molecule has 0 saturated carbocycles. The number of carbonyl (C=O) groups is 1. The van der Waals surface area contributed by atoms with Crippen molar-refractivity contribution in [3.8, 4) is 0 Å². The molecule has 0 spiro atoms. The van der Waals surface area contributed by atoms with Crippen LogP contribution in [0.25, 0.3) is 0 Å². The van der Waals surface area contributed by atoms with Gasteiger partial charge in [0, 0.05) is 10.6 Å². The van der Waals surface area contributed by atoms with E-state index < -0.39 is 0 Å². The first-order chi connectivity index (χ1) is 14.0. The van der Waals surface area contributed by atoms with Crippen molar-refractivity contribution in [2.45, 2.75) is 65.2 Å². The number of thiophene rings is 1. The van der Waals surface area contributed by atoms with E-state index in [2.05, 4.69) is 30.5 Å². The molecule has 0 saturated heterocycles. The van der Waals surface area contributed by atoms with Gasteiger partial charge in [-0.3, -0.25) is 0 Å². The molecule has 156 valence electrons. The zero-order valence-electron chi connectivity index (χ0n) is 17.5. The Bertz CT molecular complexity index is 874. The van der Waals surface area contributed by atoms with Crippen LogP contribution in [0.15, 0.2) is 24.3 Å². The minimum atomic E-state index is -0.251. The van der Waals surface area contributed by atoms with Crippen molar-refractivity contribution in [3.63, 3.8) is 0 Å². The highest BCUT2D eigenvalue weighted by atomic mass is 32.1. The van der Waals surface area contributed by atoms with Crippen LogP contribution in [0, 0.1) is 0 Å². The van der Waals surface area contributed by atoms with E-state index >= 15 is 0 Å². The molecular weight excluding hydrogens is 400 g/mol. The summed E-state index contributed by atoms with van der Waals surface area (Å²) in [7, 11) is 0. The van der Waals surface area contributed by atoms with Gasteiger partial charge in [0.2, 0.25) is 0 Å². The third-order valence-corrected chi connectivity index (χ3v) is 6.62. The topological polar surface area (TPSA) is 50.4 Å². The predicted molar refractivity (Wildman–Crippen MR) is 127 cm³/mol. The summed E-state index contributed by atoms with van der Waals surface area (Å²) < 4.78 is 5.38. The highest BCUT2D eigenvalue weighted by molar-refractivity contribution is 7.80. The van der Waals surface area contributed by atoms with Crippen LogP contribution in [-0.4, -0.2) is 17.7 Å². The number of para-hydroxylation sites is 1. The number of thiocarbonyl (C=S) groups is 1. The number of rotatable bonds is 5. The molecule has 6 heteroatoms. The molecular formula is C23H30N2O2S2. The number of ether oxygens (including phenoxy) is 1. The fourth-order valence-corrected chi connectivity index (χ4v) is 5.36. The molecule has 0 fully saturated rings. The Hall–Kier alpha value is -1.92. The zero-order chi connectivity index (χ0) is 20.8. The van der Waals surface area contributed by atoms with Crippen molar-refractivity contribution in [2.24, 2.45) is 0 Å². The number of benzene rings is 1. The Kier molecular flexibility index (Phi) is 7.67. The second-order valence-corrected chi connectivity index (χ2v) is 9.18. The van der Waals surface area contributed by atoms with Gasteiger partial charge in [-0.05, 0) is 67.9 Å². The van der Waals surface area contributed by atoms with Gasteiger partial charge in [0.15, 0.2) is 5.11 Å². The number of nitrogens with one attached hydrogen (secondary N) is 2. The van der Waals surface area contributed by atoms with E-state index in [4.69, 9.17) is 17.0 Å². The van der Waals surface area contributed by atoms with Crippen LogP contribution < -0.4 is 10.6 Å². The standard InChI is InChI=1S/C23H30N2O2S2/c1-4-27-22(26)20-17-12-7-5-6-8-14-19(17)29-21(20)25-23(28)24-18-13-10-9-11-16(18)15(2)3/h9-11,13,15H,4-8,12,14H2,1-3H3,(H2,24,25,28). The Morgan fingerprint density at radius 1 is 1.14 bits per heavy atom. The molecule has 0 atom stereocenters. The molecule has 0 unspecified atom stereocenters. The number of hydrogen-bond acceptors (Lipinski definition) is 4. The molecule has 3 rings (SSSR count). The first kappa shape index (κ1) is 21.8. The summed E-state index contributed by atoms with van der Waals surface area (Å²) in [5.74, 6) is 0.136. The summed E-state index contributed by atoms with van der Waals surface area (Å²) >= 11 is 7.25. The molecule has 0 amide bonds. The molecule has 0 bridgehead atoms. The number of aryl methyl sites for hydroxylation is 1. The fourth-order valence-electron chi connectivity index (χ4n) is 3.80. The number of esters is 1. The minimum absolute atomic E-state index is 0.251. The van der Waals surface area contributed by atoms with Crippen LogP contribution in [0.1, 0.15) is 78.7 Å². The Labute approximate surface area is 183 Å². The van der Waals surface area contributed by atoms with Gasteiger partial charge in [0.25, 0.3) is 0 Å². The maximum absolute atomic E-state index is 12.8. The number of anilines is 2. The van der Waals surface area contributed by atoms with E-state index in [0.29, 0.717) is 23.2 Å². The molecule has 1 aliphatic rings. The summed E-state index contributed by atoms with van der Waals surface area (Å²) in [6.07, 6.45) is 6.69. The fraction of sp³-hybridized carbons (Fsp3) is 0.478. The average Bonchev–Trinajstić information content (AvgIpc) is 2.98. The van der Waals surface area contributed by atoms with E-state index in [1.165, 1.54) is 29.7 Å². The van der Waals surface area contributed by atoms with Crippen molar-refractivity contribution in [1.82, 2.24) is 0 Å². The SMILES string of the molecule is CCOC(=O)c1c(NC(=S)Nc2ccccc2C(C)C)sc2c1CCCCCC2. The van der Waals surface area contributed by atoms with Crippen LogP contribution in [0.4, 0.5) is 10.7 Å². The summed E-state index contributed by atoms with van der Waals surface area (Å²) in [5, 5.41) is 7.92. The van der Waals surface area contributed by atoms with Gasteiger partial charge in [0.05, 0.1) is 12.2 Å². The third kappa shape index (κ3) is 5.37. The molecule has 1 heterocycles. The van der Waals surface area contributed by atoms with Crippen molar-refractivity contribution in [2.75, 3.05) is 17.2 Å². The minimum Gasteiger partial charge on any atom is -0.462 e. The number of hydrogen-bond donors (Lipinski definition) is 2. The maximum atomic E-state index is 12.8. The highest BCUT2D eigenvalue weighted by Gasteiger charge is 2.25. The summed E-state index contributed by atoms with van der Waals surface area (Å²) in [5.41, 5.74) is 4.03. The normalized spacial score (nSPS) is 13.9. The van der Waals surface area contributed by atoms with E-state index in [9.17, 15) is 4.79 Å². The summed E-state index contributed by atoms with van der Waals surface area (Å²) in [4.78, 5) is 14.1. The Balaban J connectivity index is 1.87. The maximum Gasteiger partial charge on any atom is 0.341 e. The van der Waals surface area contributed by atoms with Gasteiger partial charge in [0.1, 0.15) is 5.00 Å². The quantitative estimate of drug-likeness (QED) is 0.418. The average molecular weight is 431 g/mol. The molecule has 2 aromatic rings. The predicted octanol–water partition coefficient (Wildman–Crippen LogP) is 6.52. The highest BCUT2D eigenvalue weighted by Crippen LogP contribution is 2.38. The van der Waals surface area contributed by atoms with Gasteiger partial charge in [-0.1, -0.05) is 44.9 Å². The van der Waals surface area contributed by atoms with Crippen molar-refractivity contribution < 1.29 is 9.53 Å². The monoisotopic (exact) mass is 430 g/mol. The van der Waals surface area contributed by atoms with E-state index in [1.807, 2.05) is 25.1 Å². The number of carbonyl (C=O) groups excluding carboxylic acids is 1. The lowest BCUT2D eigenvalue weighted by atomic mass is 9.96. The van der Waals surface area contributed by atoms with Crippen LogP contribution >= 0.6 is 23.6 Å². The van der Waals surface area contributed by atoms with Gasteiger partial charge >= 0.3 is 5.97 Å². The molecule has 1 aliphatic carbocycles. The molecule has 0 radical (unpaired) electrons. The Morgan fingerprint density at radius 3 is 2.59 bits per heavy atom. The largest absolute Gasteiger partial charge is 0.462 e. The Morgan fingerprint density at radius 2 is 1.86 bits per heavy atom. The van der Waals surface area contributed by atoms with Gasteiger partial charge in [-0.2, -0.15) is 0 Å². The third-order valence-electron chi connectivity index (χ3n) is 5.21. The van der Waals surface area contributed by atoms with Crippen molar-refractivity contribution in [3.05, 3.63) is 45.8 Å². The molecule has 2 N–H and O–H groups in total. The van der Waals surface area contributed by atoms with Crippen molar-refractivity contribution >= 4 is 45.3 Å². The van der Waals surface area contributed by atoms with Crippen LogP contribution in [0.5, 0.6) is 0 Å². The second-order valence-electron chi connectivity index (χ2n) is 7.66. The first-order valence-electron chi connectivity index (χ1n) is 10.5. The lowest BCUT2D eigenvalue weighted by molar-refractivity contribution is 0.0526. The first-order valence-corrected chi connectivity index (χ1v) is 11.7. The molecule has 0 aliphatic heterocycles. The van der Waals surface area contributed by atoms with Crippen LogP contribution in [-0.2, 0) is 17.6 Å².